The lowest BCUT2D eigenvalue weighted by Gasteiger charge is -2.18. The standard InChI is InChI=1S/C14H13ClN6O2/c1-20(11-5-6-16-12(15)18-11)8-3-4-10-9(7-8)17-13(21(10)2)19-14(22)23/h3-7H,1-2H3,(H,17,19)(H,22,23). The molecule has 0 aliphatic carbocycles. The van der Waals surface area contributed by atoms with Gasteiger partial charge in [-0.3, -0.25) is 5.32 Å². The molecular formula is C14H13ClN6O2. The van der Waals surface area contributed by atoms with Gasteiger partial charge in [-0.25, -0.2) is 19.7 Å². The molecule has 8 nitrogen and oxygen atoms in total. The average molecular weight is 333 g/mol. The van der Waals surface area contributed by atoms with Gasteiger partial charge in [-0.15, -0.1) is 0 Å². The Morgan fingerprint density at radius 3 is 2.83 bits per heavy atom. The molecule has 0 saturated carbocycles. The normalized spacial score (nSPS) is 10.7. The van der Waals surface area contributed by atoms with E-state index in [0.717, 1.165) is 11.2 Å². The van der Waals surface area contributed by atoms with Crippen molar-refractivity contribution in [3.63, 3.8) is 0 Å². The third kappa shape index (κ3) is 2.88. The molecule has 0 fully saturated rings. The highest BCUT2D eigenvalue weighted by Crippen LogP contribution is 2.27. The van der Waals surface area contributed by atoms with E-state index < -0.39 is 6.09 Å². The average Bonchev–Trinajstić information content (AvgIpc) is 2.81. The number of rotatable bonds is 3. The molecule has 0 aliphatic rings. The largest absolute Gasteiger partial charge is 0.465 e. The SMILES string of the molecule is CN(c1ccc2c(c1)nc(NC(=O)O)n2C)c1ccnc(Cl)n1. The summed E-state index contributed by atoms with van der Waals surface area (Å²) in [4.78, 5) is 24.9. The number of aromatic nitrogens is 4. The summed E-state index contributed by atoms with van der Waals surface area (Å²) >= 11 is 5.82. The maximum atomic E-state index is 10.8. The van der Waals surface area contributed by atoms with Crippen LogP contribution in [0.4, 0.5) is 22.2 Å². The quantitative estimate of drug-likeness (QED) is 0.716. The van der Waals surface area contributed by atoms with Crippen LogP contribution in [0.3, 0.4) is 0 Å². The third-order valence-electron chi connectivity index (χ3n) is 3.43. The van der Waals surface area contributed by atoms with E-state index in [1.807, 2.05) is 30.1 Å². The Labute approximate surface area is 136 Å². The smallest absolute Gasteiger partial charge is 0.411 e. The molecule has 0 radical (unpaired) electrons. The monoisotopic (exact) mass is 332 g/mol. The van der Waals surface area contributed by atoms with Crippen molar-refractivity contribution in [1.82, 2.24) is 19.5 Å². The summed E-state index contributed by atoms with van der Waals surface area (Å²) in [6.45, 7) is 0. The van der Waals surface area contributed by atoms with Crippen molar-refractivity contribution in [2.45, 2.75) is 0 Å². The van der Waals surface area contributed by atoms with Crippen LogP contribution in [0.25, 0.3) is 11.0 Å². The lowest BCUT2D eigenvalue weighted by Crippen LogP contribution is -2.11. The lowest BCUT2D eigenvalue weighted by molar-refractivity contribution is 0.209. The van der Waals surface area contributed by atoms with Crippen molar-refractivity contribution >= 4 is 46.2 Å². The molecule has 0 bridgehead atoms. The Morgan fingerprint density at radius 1 is 1.35 bits per heavy atom. The van der Waals surface area contributed by atoms with Gasteiger partial charge in [0.15, 0.2) is 0 Å². The van der Waals surface area contributed by atoms with Crippen LogP contribution in [0.15, 0.2) is 30.5 Å². The minimum atomic E-state index is -1.16. The number of halogens is 1. The van der Waals surface area contributed by atoms with Crippen LogP contribution in [0.2, 0.25) is 5.28 Å². The summed E-state index contributed by atoms with van der Waals surface area (Å²) in [5.74, 6) is 0.904. The van der Waals surface area contributed by atoms with Gasteiger partial charge in [0, 0.05) is 26.0 Å². The zero-order chi connectivity index (χ0) is 16.6. The molecule has 2 N–H and O–H groups in total. The number of nitrogens with one attached hydrogen (secondary N) is 1. The topological polar surface area (TPSA) is 96.2 Å². The minimum absolute atomic E-state index is 0.168. The molecule has 118 valence electrons. The first kappa shape index (κ1) is 15.0. The number of carbonyl (C=O) groups is 1. The molecule has 0 atom stereocenters. The van der Waals surface area contributed by atoms with Crippen LogP contribution >= 0.6 is 11.6 Å². The Bertz CT molecular complexity index is 894. The molecule has 0 unspecified atom stereocenters. The van der Waals surface area contributed by atoms with Gasteiger partial charge in [-0.1, -0.05) is 0 Å². The molecule has 0 aliphatic heterocycles. The zero-order valence-corrected chi connectivity index (χ0v) is 13.1. The predicted octanol–water partition coefficient (Wildman–Crippen LogP) is 2.87. The van der Waals surface area contributed by atoms with E-state index in [1.54, 1.807) is 23.9 Å². The van der Waals surface area contributed by atoms with Gasteiger partial charge in [0.1, 0.15) is 5.82 Å². The predicted molar refractivity (Wildman–Crippen MR) is 87.5 cm³/mol. The van der Waals surface area contributed by atoms with Crippen molar-refractivity contribution in [2.24, 2.45) is 7.05 Å². The molecule has 3 rings (SSSR count). The van der Waals surface area contributed by atoms with Crippen LogP contribution in [-0.4, -0.2) is 37.8 Å². The number of amides is 1. The highest BCUT2D eigenvalue weighted by atomic mass is 35.5. The van der Waals surface area contributed by atoms with Gasteiger partial charge < -0.3 is 14.6 Å². The zero-order valence-electron chi connectivity index (χ0n) is 12.4. The van der Waals surface area contributed by atoms with Crippen molar-refractivity contribution in [2.75, 3.05) is 17.3 Å². The summed E-state index contributed by atoms with van der Waals surface area (Å²) in [5, 5.41) is 11.3. The van der Waals surface area contributed by atoms with Crippen LogP contribution < -0.4 is 10.2 Å². The number of hydrogen-bond acceptors (Lipinski definition) is 5. The number of nitrogens with zero attached hydrogens (tertiary/aromatic N) is 5. The second-order valence-electron chi connectivity index (χ2n) is 4.84. The number of benzene rings is 1. The van der Waals surface area contributed by atoms with Gasteiger partial charge in [0.25, 0.3) is 0 Å². The van der Waals surface area contributed by atoms with Gasteiger partial charge in [0.05, 0.1) is 11.0 Å². The fraction of sp³-hybridized carbons (Fsp3) is 0.143. The summed E-state index contributed by atoms with van der Waals surface area (Å²) in [7, 11) is 3.59. The molecule has 1 aromatic carbocycles. The Morgan fingerprint density at radius 2 is 2.13 bits per heavy atom. The molecule has 2 aromatic heterocycles. The van der Waals surface area contributed by atoms with Crippen molar-refractivity contribution < 1.29 is 9.90 Å². The van der Waals surface area contributed by atoms with Crippen molar-refractivity contribution in [3.8, 4) is 0 Å². The maximum absolute atomic E-state index is 10.8. The van der Waals surface area contributed by atoms with Crippen LogP contribution in [0.5, 0.6) is 0 Å². The molecule has 23 heavy (non-hydrogen) atoms. The molecule has 9 heteroatoms. The van der Waals surface area contributed by atoms with E-state index in [2.05, 4.69) is 20.3 Å². The van der Waals surface area contributed by atoms with E-state index in [0.29, 0.717) is 11.3 Å². The van der Waals surface area contributed by atoms with E-state index in [4.69, 9.17) is 16.7 Å². The van der Waals surface area contributed by atoms with E-state index in [-0.39, 0.29) is 11.2 Å². The lowest BCUT2D eigenvalue weighted by atomic mass is 10.2. The number of fused-ring (bicyclic) bond motifs is 1. The fourth-order valence-corrected chi connectivity index (χ4v) is 2.39. The first-order valence-corrected chi connectivity index (χ1v) is 7.02. The second kappa shape index (κ2) is 5.73. The number of imidazole rings is 1. The van der Waals surface area contributed by atoms with E-state index in [1.165, 1.54) is 0 Å². The van der Waals surface area contributed by atoms with Crippen molar-refractivity contribution in [1.29, 1.82) is 0 Å². The highest BCUT2D eigenvalue weighted by Gasteiger charge is 2.13. The Balaban J connectivity index is 2.01. The van der Waals surface area contributed by atoms with Gasteiger partial charge in [-0.05, 0) is 35.9 Å². The van der Waals surface area contributed by atoms with Crippen LogP contribution in [-0.2, 0) is 7.05 Å². The van der Waals surface area contributed by atoms with Crippen LogP contribution in [0, 0.1) is 0 Å². The Hall–Kier alpha value is -2.87. The molecule has 0 saturated heterocycles. The first-order valence-electron chi connectivity index (χ1n) is 6.64. The highest BCUT2D eigenvalue weighted by molar-refractivity contribution is 6.28. The van der Waals surface area contributed by atoms with Gasteiger partial charge >= 0.3 is 6.09 Å². The van der Waals surface area contributed by atoms with E-state index >= 15 is 0 Å². The number of carboxylic acid groups (broad SMARTS) is 1. The number of anilines is 3. The molecule has 0 spiro atoms. The summed E-state index contributed by atoms with van der Waals surface area (Å²) < 4.78 is 1.68. The van der Waals surface area contributed by atoms with Gasteiger partial charge in [0.2, 0.25) is 11.2 Å². The molecule has 2 heterocycles. The number of aryl methyl sites for hydroxylation is 1. The third-order valence-corrected chi connectivity index (χ3v) is 3.61. The second-order valence-corrected chi connectivity index (χ2v) is 5.18. The van der Waals surface area contributed by atoms with Crippen molar-refractivity contribution in [3.05, 3.63) is 35.7 Å². The molecule has 3 aromatic rings. The summed E-state index contributed by atoms with van der Waals surface area (Å²) in [5.41, 5.74) is 2.32. The maximum Gasteiger partial charge on any atom is 0.411 e. The summed E-state index contributed by atoms with van der Waals surface area (Å²) in [6.07, 6.45) is 0.423. The fourth-order valence-electron chi connectivity index (χ4n) is 2.25. The van der Waals surface area contributed by atoms with Crippen LogP contribution in [0.1, 0.15) is 0 Å². The van der Waals surface area contributed by atoms with E-state index in [9.17, 15) is 4.79 Å². The first-order chi connectivity index (χ1) is 11.0. The molecule has 1 amide bonds. The number of hydrogen-bond donors (Lipinski definition) is 2. The minimum Gasteiger partial charge on any atom is -0.465 e. The summed E-state index contributed by atoms with van der Waals surface area (Å²) in [6, 6.07) is 7.35. The molecular weight excluding hydrogens is 320 g/mol. The Kier molecular flexibility index (Phi) is 3.75. The van der Waals surface area contributed by atoms with Gasteiger partial charge in [-0.2, -0.15) is 0 Å².